The van der Waals surface area contributed by atoms with Gasteiger partial charge in [-0.2, -0.15) is 0 Å². The molecule has 1 N–H and O–H groups in total. The highest BCUT2D eigenvalue weighted by molar-refractivity contribution is 6.31. The van der Waals surface area contributed by atoms with Crippen LogP contribution in [0.5, 0.6) is 0 Å². The molecule has 4 heteroatoms. The molecule has 2 rings (SSSR count). The zero-order valence-electron chi connectivity index (χ0n) is 10.4. The lowest BCUT2D eigenvalue weighted by Gasteiger charge is -2.07. The molecule has 2 aromatic rings. The van der Waals surface area contributed by atoms with E-state index in [1.165, 1.54) is 12.1 Å². The fraction of sp³-hybridized carbons (Fsp3) is 0.133. The van der Waals surface area contributed by atoms with Gasteiger partial charge in [0.2, 0.25) is 0 Å². The van der Waals surface area contributed by atoms with Crippen LogP contribution in [0.15, 0.2) is 42.5 Å². The van der Waals surface area contributed by atoms with E-state index in [1.807, 2.05) is 31.2 Å². The van der Waals surface area contributed by atoms with Crippen LogP contribution in [0.3, 0.4) is 0 Å². The highest BCUT2D eigenvalue weighted by atomic mass is 35.5. The van der Waals surface area contributed by atoms with E-state index in [0.29, 0.717) is 21.8 Å². The van der Waals surface area contributed by atoms with Crippen LogP contribution in [-0.4, -0.2) is 5.91 Å². The van der Waals surface area contributed by atoms with Gasteiger partial charge in [-0.15, -0.1) is 0 Å². The molecule has 0 heterocycles. The Morgan fingerprint density at radius 1 is 1.21 bits per heavy atom. The third-order valence-corrected chi connectivity index (χ3v) is 3.13. The van der Waals surface area contributed by atoms with Crippen molar-refractivity contribution >= 4 is 23.2 Å². The molecule has 0 saturated heterocycles. The summed E-state index contributed by atoms with van der Waals surface area (Å²) in [6.45, 7) is 1.28. The third kappa shape index (κ3) is 3.32. The number of hydrogen-bond acceptors (Lipinski definition) is 1. The average Bonchev–Trinajstić information content (AvgIpc) is 2.42. The number of carbonyl (C=O) groups is 1. The first-order chi connectivity index (χ1) is 9.10. The molecule has 0 saturated carbocycles. The van der Waals surface area contributed by atoms with Crippen LogP contribution in [0.2, 0.25) is 5.02 Å². The zero-order chi connectivity index (χ0) is 13.8. The fourth-order valence-corrected chi connectivity index (χ4v) is 1.83. The smallest absolute Gasteiger partial charge is 0.255 e. The second kappa shape index (κ2) is 5.85. The van der Waals surface area contributed by atoms with Crippen LogP contribution in [0.4, 0.5) is 10.1 Å². The van der Waals surface area contributed by atoms with Crippen molar-refractivity contribution in [1.29, 1.82) is 0 Å². The maximum absolute atomic E-state index is 12.7. The van der Waals surface area contributed by atoms with Gasteiger partial charge in [0.15, 0.2) is 0 Å². The Bertz CT molecular complexity index is 596. The summed E-state index contributed by atoms with van der Waals surface area (Å²) in [7, 11) is 0. The summed E-state index contributed by atoms with van der Waals surface area (Å²) in [6, 6.07) is 12.0. The van der Waals surface area contributed by atoms with E-state index in [1.54, 1.807) is 6.07 Å². The summed E-state index contributed by atoms with van der Waals surface area (Å²) in [4.78, 5) is 12.0. The predicted molar refractivity (Wildman–Crippen MR) is 75.4 cm³/mol. The first-order valence-corrected chi connectivity index (χ1v) is 6.20. The van der Waals surface area contributed by atoms with E-state index >= 15 is 0 Å². The number of rotatable bonds is 3. The molecule has 0 radical (unpaired) electrons. The molecule has 1 amide bonds. The van der Waals surface area contributed by atoms with Crippen LogP contribution in [0, 0.1) is 6.92 Å². The highest BCUT2D eigenvalue weighted by Crippen LogP contribution is 2.19. The lowest BCUT2D eigenvalue weighted by Crippen LogP contribution is -2.12. The van der Waals surface area contributed by atoms with Gasteiger partial charge in [-0.05, 0) is 37.3 Å². The average molecular weight is 278 g/mol. The van der Waals surface area contributed by atoms with E-state index in [2.05, 4.69) is 5.32 Å². The minimum Gasteiger partial charge on any atom is -0.322 e. The van der Waals surface area contributed by atoms with E-state index in [0.717, 1.165) is 5.56 Å². The van der Waals surface area contributed by atoms with Crippen LogP contribution in [-0.2, 0) is 6.67 Å². The first kappa shape index (κ1) is 13.6. The van der Waals surface area contributed by atoms with Gasteiger partial charge in [0.05, 0.1) is 0 Å². The van der Waals surface area contributed by atoms with Gasteiger partial charge >= 0.3 is 0 Å². The lowest BCUT2D eigenvalue weighted by atomic mass is 10.1. The number of nitrogens with one attached hydrogen (secondary N) is 1. The normalized spacial score (nSPS) is 10.3. The molecule has 2 nitrogen and oxygen atoms in total. The van der Waals surface area contributed by atoms with Crippen LogP contribution in [0.1, 0.15) is 21.5 Å². The van der Waals surface area contributed by atoms with E-state index in [9.17, 15) is 9.18 Å². The van der Waals surface area contributed by atoms with Crippen molar-refractivity contribution in [2.24, 2.45) is 0 Å². The number of aryl methyl sites for hydroxylation is 1. The van der Waals surface area contributed by atoms with Crippen molar-refractivity contribution in [3.05, 3.63) is 64.2 Å². The van der Waals surface area contributed by atoms with Gasteiger partial charge < -0.3 is 5.32 Å². The molecule has 0 aliphatic carbocycles. The molecule has 2 aromatic carbocycles. The Kier molecular flexibility index (Phi) is 4.17. The van der Waals surface area contributed by atoms with Gasteiger partial charge in [-0.3, -0.25) is 4.79 Å². The maximum Gasteiger partial charge on any atom is 0.255 e. The standard InChI is InChI=1S/C15H13ClFNO/c1-10-2-5-13(6-3-10)18-15(19)11-4-7-14(16)12(8-11)9-17/h2-8H,9H2,1H3,(H,18,19). The van der Waals surface area contributed by atoms with Crippen molar-refractivity contribution in [3.63, 3.8) is 0 Å². The largest absolute Gasteiger partial charge is 0.322 e. The number of carbonyl (C=O) groups excluding carboxylic acids is 1. The van der Waals surface area contributed by atoms with Gasteiger partial charge in [0.25, 0.3) is 5.91 Å². The predicted octanol–water partition coefficient (Wildman–Crippen LogP) is 4.37. The molecule has 0 aliphatic heterocycles. The van der Waals surface area contributed by atoms with Crippen molar-refractivity contribution in [3.8, 4) is 0 Å². The minimum atomic E-state index is -0.690. The Labute approximate surface area is 116 Å². The zero-order valence-corrected chi connectivity index (χ0v) is 11.2. The monoisotopic (exact) mass is 277 g/mol. The molecule has 0 fully saturated rings. The van der Waals surface area contributed by atoms with Gasteiger partial charge in [0.1, 0.15) is 6.67 Å². The van der Waals surface area contributed by atoms with E-state index in [4.69, 9.17) is 11.6 Å². The number of benzene rings is 2. The maximum atomic E-state index is 12.7. The highest BCUT2D eigenvalue weighted by Gasteiger charge is 2.09. The Morgan fingerprint density at radius 3 is 2.53 bits per heavy atom. The number of alkyl halides is 1. The molecule has 0 unspecified atom stereocenters. The van der Waals surface area contributed by atoms with Gasteiger partial charge in [-0.1, -0.05) is 29.3 Å². The second-order valence-electron chi connectivity index (χ2n) is 4.26. The lowest BCUT2D eigenvalue weighted by molar-refractivity contribution is 0.102. The second-order valence-corrected chi connectivity index (χ2v) is 4.67. The number of halogens is 2. The molecule has 0 atom stereocenters. The van der Waals surface area contributed by atoms with Gasteiger partial charge in [-0.25, -0.2) is 4.39 Å². The molecule has 98 valence electrons. The van der Waals surface area contributed by atoms with Crippen molar-refractivity contribution in [1.82, 2.24) is 0 Å². The molecule has 0 aromatic heterocycles. The van der Waals surface area contributed by atoms with Crippen molar-refractivity contribution < 1.29 is 9.18 Å². The minimum absolute atomic E-state index is 0.282. The summed E-state index contributed by atoms with van der Waals surface area (Å²) < 4.78 is 12.7. The summed E-state index contributed by atoms with van der Waals surface area (Å²) >= 11 is 5.81. The van der Waals surface area contributed by atoms with Crippen molar-refractivity contribution in [2.45, 2.75) is 13.6 Å². The Balaban J connectivity index is 2.18. The number of anilines is 1. The topological polar surface area (TPSA) is 29.1 Å². The van der Waals surface area contributed by atoms with Gasteiger partial charge in [0, 0.05) is 21.8 Å². The molecular formula is C15H13ClFNO. The van der Waals surface area contributed by atoms with Crippen LogP contribution >= 0.6 is 11.6 Å². The summed E-state index contributed by atoms with van der Waals surface area (Å²) in [6.07, 6.45) is 0. The van der Waals surface area contributed by atoms with Crippen molar-refractivity contribution in [2.75, 3.05) is 5.32 Å². The van der Waals surface area contributed by atoms with Crippen LogP contribution in [0.25, 0.3) is 0 Å². The SMILES string of the molecule is Cc1ccc(NC(=O)c2ccc(Cl)c(CF)c2)cc1. The number of hydrogen-bond donors (Lipinski definition) is 1. The van der Waals surface area contributed by atoms with Crippen LogP contribution < -0.4 is 5.32 Å². The molecule has 0 spiro atoms. The quantitative estimate of drug-likeness (QED) is 0.887. The summed E-state index contributed by atoms with van der Waals surface area (Å²) in [5.74, 6) is -0.282. The fourth-order valence-electron chi connectivity index (χ4n) is 1.66. The first-order valence-electron chi connectivity index (χ1n) is 5.82. The van der Waals surface area contributed by atoms with E-state index in [-0.39, 0.29) is 5.91 Å². The Morgan fingerprint density at radius 2 is 1.89 bits per heavy atom. The molecule has 0 bridgehead atoms. The summed E-state index contributed by atoms with van der Waals surface area (Å²) in [5.41, 5.74) is 2.52. The van der Waals surface area contributed by atoms with E-state index < -0.39 is 6.67 Å². The summed E-state index contributed by atoms with van der Waals surface area (Å²) in [5, 5.41) is 3.08. The molecule has 19 heavy (non-hydrogen) atoms. The number of amides is 1. The Hall–Kier alpha value is -1.87. The third-order valence-electron chi connectivity index (χ3n) is 2.76. The molecule has 0 aliphatic rings. The molecular weight excluding hydrogens is 265 g/mol.